The molecule has 4 heteroatoms. The average Bonchev–Trinajstić information content (AvgIpc) is 2.32. The third kappa shape index (κ3) is 1.10. The largest absolute Gasteiger partial charge is 0.207 e. The van der Waals surface area contributed by atoms with Gasteiger partial charge in [-0.1, -0.05) is 11.6 Å². The highest BCUT2D eigenvalue weighted by atomic mass is 35.5. The van der Waals surface area contributed by atoms with E-state index in [-0.39, 0.29) is 5.82 Å². The summed E-state index contributed by atoms with van der Waals surface area (Å²) in [4.78, 5) is 0. The van der Waals surface area contributed by atoms with Crippen molar-refractivity contribution in [3.8, 4) is 0 Å². The molecule has 0 amide bonds. The summed E-state index contributed by atoms with van der Waals surface area (Å²) in [5.41, 5.74) is 0. The van der Waals surface area contributed by atoms with E-state index in [0.717, 1.165) is 10.1 Å². The first kappa shape index (κ1) is 7.00. The Labute approximate surface area is 71.6 Å². The van der Waals surface area contributed by atoms with E-state index in [1.165, 1.54) is 23.7 Å². The highest BCUT2D eigenvalue weighted by molar-refractivity contribution is 7.13. The number of hydrogen-bond acceptors (Lipinski definition) is 2. The molecule has 1 aromatic heterocycles. The zero-order valence-corrected chi connectivity index (χ0v) is 6.92. The van der Waals surface area contributed by atoms with Crippen molar-refractivity contribution in [2.24, 2.45) is 0 Å². The van der Waals surface area contributed by atoms with Crippen molar-refractivity contribution in [1.82, 2.24) is 4.37 Å². The van der Waals surface area contributed by atoms with Gasteiger partial charge in [-0.25, -0.2) is 4.39 Å². The van der Waals surface area contributed by atoms with E-state index in [1.807, 2.05) is 0 Å². The van der Waals surface area contributed by atoms with Crippen molar-refractivity contribution in [3.05, 3.63) is 29.2 Å². The van der Waals surface area contributed by atoms with Gasteiger partial charge in [0, 0.05) is 5.39 Å². The molecule has 2 aromatic rings. The molecule has 0 aliphatic rings. The lowest BCUT2D eigenvalue weighted by Crippen LogP contribution is -1.69. The van der Waals surface area contributed by atoms with Crippen molar-refractivity contribution in [2.45, 2.75) is 0 Å². The molecule has 0 aliphatic carbocycles. The van der Waals surface area contributed by atoms with Gasteiger partial charge in [0.15, 0.2) is 5.15 Å². The molecule has 0 fully saturated rings. The zero-order valence-electron chi connectivity index (χ0n) is 5.34. The van der Waals surface area contributed by atoms with Crippen LogP contribution in [0.15, 0.2) is 18.2 Å². The summed E-state index contributed by atoms with van der Waals surface area (Å²) in [5, 5.41) is 1.27. The van der Waals surface area contributed by atoms with Gasteiger partial charge in [-0.3, -0.25) is 0 Å². The summed E-state index contributed by atoms with van der Waals surface area (Å²) < 4.78 is 17.2. The first-order valence-electron chi connectivity index (χ1n) is 2.98. The van der Waals surface area contributed by atoms with Crippen molar-refractivity contribution >= 4 is 33.2 Å². The first-order valence-corrected chi connectivity index (χ1v) is 4.13. The number of rotatable bonds is 0. The summed E-state index contributed by atoms with van der Waals surface area (Å²) in [6.07, 6.45) is 0. The molecule has 0 unspecified atom stereocenters. The Kier molecular flexibility index (Phi) is 1.55. The minimum absolute atomic E-state index is 0.252. The monoisotopic (exact) mass is 187 g/mol. The summed E-state index contributed by atoms with van der Waals surface area (Å²) in [6, 6.07) is 4.44. The van der Waals surface area contributed by atoms with Crippen LogP contribution in [0.4, 0.5) is 4.39 Å². The number of hydrogen-bond donors (Lipinski definition) is 0. The van der Waals surface area contributed by atoms with Crippen LogP contribution in [0.2, 0.25) is 5.15 Å². The van der Waals surface area contributed by atoms with Gasteiger partial charge in [0.1, 0.15) is 5.82 Å². The molecular weight excluding hydrogens is 185 g/mol. The van der Waals surface area contributed by atoms with E-state index in [0.29, 0.717) is 5.15 Å². The Hall–Kier alpha value is -0.670. The Morgan fingerprint density at radius 2 is 2.27 bits per heavy atom. The molecule has 0 atom stereocenters. The normalized spacial score (nSPS) is 10.7. The highest BCUT2D eigenvalue weighted by Gasteiger charge is 2.02. The molecule has 1 heterocycles. The fourth-order valence-corrected chi connectivity index (χ4v) is 1.91. The minimum Gasteiger partial charge on any atom is -0.207 e. The van der Waals surface area contributed by atoms with Crippen molar-refractivity contribution < 1.29 is 4.39 Å². The quantitative estimate of drug-likeness (QED) is 0.618. The Bertz CT molecular complexity index is 398. The first-order chi connectivity index (χ1) is 5.27. The summed E-state index contributed by atoms with van der Waals surface area (Å²) >= 11 is 6.91. The van der Waals surface area contributed by atoms with E-state index < -0.39 is 0 Å². The molecule has 2 rings (SSSR count). The predicted molar refractivity (Wildman–Crippen MR) is 44.6 cm³/mol. The van der Waals surface area contributed by atoms with Crippen LogP contribution >= 0.6 is 23.1 Å². The maximum Gasteiger partial charge on any atom is 0.150 e. The van der Waals surface area contributed by atoms with Crippen LogP contribution in [0, 0.1) is 5.82 Å². The van der Waals surface area contributed by atoms with Crippen LogP contribution in [0.5, 0.6) is 0 Å². The second-order valence-corrected chi connectivity index (χ2v) is 3.28. The Morgan fingerprint density at radius 3 is 3.09 bits per heavy atom. The van der Waals surface area contributed by atoms with Gasteiger partial charge in [-0.2, -0.15) is 4.37 Å². The van der Waals surface area contributed by atoms with Crippen LogP contribution in [0.25, 0.3) is 10.1 Å². The summed E-state index contributed by atoms with van der Waals surface area (Å²) in [6.45, 7) is 0. The number of nitrogens with zero attached hydrogens (tertiary/aromatic N) is 1. The highest BCUT2D eigenvalue weighted by Crippen LogP contribution is 2.26. The molecule has 11 heavy (non-hydrogen) atoms. The van der Waals surface area contributed by atoms with E-state index in [1.54, 1.807) is 6.07 Å². The van der Waals surface area contributed by atoms with Gasteiger partial charge in [0.2, 0.25) is 0 Å². The molecule has 0 bridgehead atoms. The lowest BCUT2D eigenvalue weighted by atomic mass is 10.3. The smallest absolute Gasteiger partial charge is 0.150 e. The number of halogens is 2. The minimum atomic E-state index is -0.252. The Balaban J connectivity index is 2.86. The van der Waals surface area contributed by atoms with Gasteiger partial charge >= 0.3 is 0 Å². The zero-order chi connectivity index (χ0) is 7.84. The Morgan fingerprint density at radius 1 is 1.45 bits per heavy atom. The van der Waals surface area contributed by atoms with Gasteiger partial charge in [-0.15, -0.1) is 0 Å². The van der Waals surface area contributed by atoms with E-state index in [2.05, 4.69) is 4.37 Å². The van der Waals surface area contributed by atoms with E-state index >= 15 is 0 Å². The lowest BCUT2D eigenvalue weighted by molar-refractivity contribution is 0.630. The second-order valence-electron chi connectivity index (χ2n) is 2.11. The van der Waals surface area contributed by atoms with Crippen molar-refractivity contribution in [2.75, 3.05) is 0 Å². The molecule has 0 radical (unpaired) electrons. The molecule has 56 valence electrons. The van der Waals surface area contributed by atoms with Gasteiger partial charge in [0.25, 0.3) is 0 Å². The summed E-state index contributed by atoms with van der Waals surface area (Å²) in [7, 11) is 0. The number of fused-ring (bicyclic) bond motifs is 1. The fraction of sp³-hybridized carbons (Fsp3) is 0. The molecular formula is C7H3ClFNS. The van der Waals surface area contributed by atoms with Gasteiger partial charge < -0.3 is 0 Å². The second kappa shape index (κ2) is 2.43. The maximum atomic E-state index is 12.6. The topological polar surface area (TPSA) is 12.9 Å². The fourth-order valence-electron chi connectivity index (χ4n) is 0.881. The molecule has 0 aliphatic heterocycles. The van der Waals surface area contributed by atoms with Gasteiger partial charge in [0.05, 0.1) is 4.70 Å². The van der Waals surface area contributed by atoms with Crippen molar-refractivity contribution in [3.63, 3.8) is 0 Å². The van der Waals surface area contributed by atoms with Crippen molar-refractivity contribution in [1.29, 1.82) is 0 Å². The molecule has 1 nitrogen and oxygen atoms in total. The molecule has 0 saturated heterocycles. The number of benzene rings is 1. The maximum absolute atomic E-state index is 12.6. The summed E-state index contributed by atoms with van der Waals surface area (Å²) in [5.74, 6) is -0.252. The van der Waals surface area contributed by atoms with E-state index in [4.69, 9.17) is 11.6 Å². The van der Waals surface area contributed by atoms with Crippen LogP contribution < -0.4 is 0 Å². The van der Waals surface area contributed by atoms with Crippen LogP contribution in [-0.4, -0.2) is 4.37 Å². The SMILES string of the molecule is Fc1ccc2c(Cl)nsc2c1. The molecule has 1 aromatic carbocycles. The lowest BCUT2D eigenvalue weighted by Gasteiger charge is -1.87. The molecule has 0 spiro atoms. The third-order valence-corrected chi connectivity index (χ3v) is 2.59. The third-order valence-electron chi connectivity index (χ3n) is 1.39. The average molecular weight is 188 g/mol. The van der Waals surface area contributed by atoms with Gasteiger partial charge in [-0.05, 0) is 29.7 Å². The van der Waals surface area contributed by atoms with Crippen LogP contribution in [0.1, 0.15) is 0 Å². The standard InChI is InChI=1S/C7H3ClFNS/c8-7-5-2-1-4(9)3-6(5)11-10-7/h1-3H. The molecule has 0 saturated carbocycles. The van der Waals surface area contributed by atoms with Crippen LogP contribution in [-0.2, 0) is 0 Å². The molecule has 0 N–H and O–H groups in total. The van der Waals surface area contributed by atoms with E-state index in [9.17, 15) is 4.39 Å². The predicted octanol–water partition coefficient (Wildman–Crippen LogP) is 3.09. The number of aromatic nitrogens is 1. The van der Waals surface area contributed by atoms with Crippen LogP contribution in [0.3, 0.4) is 0 Å².